The highest BCUT2D eigenvalue weighted by Gasteiger charge is 2.33. The van der Waals surface area contributed by atoms with Crippen molar-refractivity contribution in [1.29, 1.82) is 0 Å². The van der Waals surface area contributed by atoms with Crippen LogP contribution in [0.15, 0.2) is 22.7 Å². The van der Waals surface area contributed by atoms with E-state index in [1.54, 1.807) is 0 Å². The van der Waals surface area contributed by atoms with Gasteiger partial charge in [-0.3, -0.25) is 0 Å². The molecule has 0 amide bonds. The molecule has 3 aromatic rings. The minimum atomic E-state index is -0.913. The quantitative estimate of drug-likeness (QED) is 0.215. The van der Waals surface area contributed by atoms with E-state index in [0.717, 1.165) is 126 Å². The predicted molar refractivity (Wildman–Crippen MR) is 184 cm³/mol. The number of hydrogen-bond acceptors (Lipinski definition) is 2. The lowest BCUT2D eigenvalue weighted by molar-refractivity contribution is 0.0679. The Morgan fingerprint density at radius 3 is 1.31 bits per heavy atom. The number of hydrogen-bond donors (Lipinski definition) is 4. The van der Waals surface area contributed by atoms with Crippen molar-refractivity contribution in [3.8, 4) is 0 Å². The Labute approximate surface area is 276 Å². The fourth-order valence-corrected chi connectivity index (χ4v) is 8.40. The second-order valence-electron chi connectivity index (χ2n) is 13.4. The number of fused-ring (bicyclic) bond motifs is 2. The molecule has 4 N–H and O–H groups in total. The number of halogens is 1. The molecule has 2 aliphatic carbocycles. The number of carboxylic acid groups (broad SMARTS) is 2. The fourth-order valence-electron chi connectivity index (χ4n) is 7.93. The maximum Gasteiger partial charge on any atom is 0.352 e. The summed E-state index contributed by atoms with van der Waals surface area (Å²) in [4.78, 5) is 32.6. The third kappa shape index (κ3) is 8.14. The van der Waals surface area contributed by atoms with Gasteiger partial charge in [0.15, 0.2) is 0 Å². The molecule has 0 unspecified atom stereocenters. The van der Waals surface area contributed by atoms with Crippen LogP contribution in [0.1, 0.15) is 174 Å². The van der Waals surface area contributed by atoms with Crippen LogP contribution in [0.2, 0.25) is 0 Å². The van der Waals surface area contributed by atoms with Gasteiger partial charge in [0.2, 0.25) is 0 Å². The number of carboxylic acids is 2. The zero-order chi connectivity index (χ0) is 31.8. The van der Waals surface area contributed by atoms with Crippen LogP contribution in [0.25, 0.3) is 0 Å². The van der Waals surface area contributed by atoms with Crippen LogP contribution >= 0.6 is 15.9 Å². The topological polar surface area (TPSA) is 106 Å². The van der Waals surface area contributed by atoms with E-state index in [2.05, 4.69) is 51.0 Å². The molecule has 5 rings (SSSR count). The largest absolute Gasteiger partial charge is 0.477 e. The van der Waals surface area contributed by atoms with Gasteiger partial charge < -0.3 is 20.2 Å². The van der Waals surface area contributed by atoms with Gasteiger partial charge in [0.25, 0.3) is 0 Å². The van der Waals surface area contributed by atoms with Gasteiger partial charge in [-0.1, -0.05) is 99.0 Å². The lowest BCUT2D eigenvalue weighted by atomic mass is 9.82. The molecule has 0 saturated heterocycles. The van der Waals surface area contributed by atoms with Crippen LogP contribution < -0.4 is 0 Å². The van der Waals surface area contributed by atoms with Crippen LogP contribution in [0.5, 0.6) is 0 Å². The molecule has 2 aromatic heterocycles. The van der Waals surface area contributed by atoms with Crippen LogP contribution in [0.4, 0.5) is 0 Å². The SMILES string of the molecule is Cc1cc(Br)ccc1C(c1[nH]c(C(=O)O)c2c1CCCCCCCCCC2)c1[nH]c(C(=O)O)c2c1CCCCCCCCCC2. The number of nitrogens with one attached hydrogen (secondary N) is 2. The molecular weight excluding hydrogens is 628 g/mol. The molecule has 0 aliphatic heterocycles. The normalized spacial score (nSPS) is 17.7. The summed E-state index contributed by atoms with van der Waals surface area (Å²) in [5.74, 6) is -2.14. The molecule has 0 radical (unpaired) electrons. The highest BCUT2D eigenvalue weighted by atomic mass is 79.9. The van der Waals surface area contributed by atoms with E-state index in [4.69, 9.17) is 0 Å². The van der Waals surface area contributed by atoms with Crippen molar-refractivity contribution in [3.05, 3.63) is 78.8 Å². The number of carbonyl (C=O) groups is 2. The number of aromatic amines is 2. The first-order valence-corrected chi connectivity index (χ1v) is 18.4. The second-order valence-corrected chi connectivity index (χ2v) is 14.4. The number of benzene rings is 1. The van der Waals surface area contributed by atoms with E-state index in [9.17, 15) is 19.8 Å². The summed E-state index contributed by atoms with van der Waals surface area (Å²) in [5, 5.41) is 21.0. The Morgan fingerprint density at radius 2 is 0.956 bits per heavy atom. The Hall–Kier alpha value is -2.80. The van der Waals surface area contributed by atoms with Crippen LogP contribution in [0.3, 0.4) is 0 Å². The van der Waals surface area contributed by atoms with Gasteiger partial charge in [-0.25, -0.2) is 9.59 Å². The highest BCUT2D eigenvalue weighted by molar-refractivity contribution is 9.10. The van der Waals surface area contributed by atoms with Crippen molar-refractivity contribution in [2.45, 2.75) is 141 Å². The maximum absolute atomic E-state index is 12.8. The minimum absolute atomic E-state index is 0.311. The molecule has 0 spiro atoms. The molecule has 0 atom stereocenters. The van der Waals surface area contributed by atoms with Crippen molar-refractivity contribution in [3.63, 3.8) is 0 Å². The third-order valence-corrected chi connectivity index (χ3v) is 10.7. The summed E-state index contributed by atoms with van der Waals surface area (Å²) < 4.78 is 0.989. The molecular formula is C38H51BrN2O4. The molecule has 6 nitrogen and oxygen atoms in total. The van der Waals surface area contributed by atoms with E-state index < -0.39 is 11.9 Å². The third-order valence-electron chi connectivity index (χ3n) is 10.3. The number of aryl methyl sites for hydroxylation is 1. The molecule has 45 heavy (non-hydrogen) atoms. The van der Waals surface area contributed by atoms with Gasteiger partial charge in [0.1, 0.15) is 11.4 Å². The Balaban J connectivity index is 1.74. The predicted octanol–water partition coefficient (Wildman–Crippen LogP) is 10.4. The van der Waals surface area contributed by atoms with Gasteiger partial charge in [-0.15, -0.1) is 0 Å². The highest BCUT2D eigenvalue weighted by Crippen LogP contribution is 2.42. The molecule has 7 heteroatoms. The first-order chi connectivity index (χ1) is 21.9. The van der Waals surface area contributed by atoms with Crippen LogP contribution in [0, 0.1) is 6.92 Å². The summed E-state index contributed by atoms with van der Waals surface area (Å²) in [6.07, 6.45) is 21.5. The Kier molecular flexibility index (Phi) is 12.0. The molecule has 2 aliphatic rings. The second kappa shape index (κ2) is 16.2. The average molecular weight is 680 g/mol. The number of aromatic carboxylic acids is 2. The summed E-state index contributed by atoms with van der Waals surface area (Å²) in [5.41, 5.74) is 8.82. The van der Waals surface area contributed by atoms with Gasteiger partial charge in [-0.05, 0) is 104 Å². The van der Waals surface area contributed by atoms with Crippen LogP contribution in [-0.4, -0.2) is 32.1 Å². The standard InChI is InChI=1S/C38H51BrN2O4/c1-25-24-26(39)22-23-27(25)32(33-28-18-14-10-6-2-4-8-12-16-20-30(28)35(40-33)37(42)43)34-29-19-15-11-7-3-5-9-13-17-21-31(29)36(41-34)38(44)45/h22-24,32,40-41H,2-21H2,1H3,(H,42,43)(H,44,45). The zero-order valence-electron chi connectivity index (χ0n) is 27.0. The average Bonchev–Trinajstić information content (AvgIpc) is 3.52. The lowest BCUT2D eigenvalue weighted by Gasteiger charge is -2.23. The summed E-state index contributed by atoms with van der Waals surface area (Å²) in [6.45, 7) is 2.11. The smallest absolute Gasteiger partial charge is 0.352 e. The van der Waals surface area contributed by atoms with Crippen molar-refractivity contribution in [2.75, 3.05) is 0 Å². The number of rotatable bonds is 5. The van der Waals surface area contributed by atoms with E-state index >= 15 is 0 Å². The van der Waals surface area contributed by atoms with Gasteiger partial charge in [0.05, 0.1) is 5.92 Å². The first-order valence-electron chi connectivity index (χ1n) is 17.6. The van der Waals surface area contributed by atoms with Crippen molar-refractivity contribution >= 4 is 27.9 Å². The monoisotopic (exact) mass is 678 g/mol. The molecule has 0 saturated carbocycles. The van der Waals surface area contributed by atoms with E-state index in [-0.39, 0.29) is 5.92 Å². The van der Waals surface area contributed by atoms with Crippen molar-refractivity contribution in [2.24, 2.45) is 0 Å². The molecule has 1 aromatic carbocycles. The van der Waals surface area contributed by atoms with Gasteiger partial charge in [0, 0.05) is 15.9 Å². The van der Waals surface area contributed by atoms with Crippen molar-refractivity contribution in [1.82, 2.24) is 9.97 Å². The summed E-state index contributed by atoms with van der Waals surface area (Å²) in [7, 11) is 0. The number of H-pyrrole nitrogens is 2. The van der Waals surface area contributed by atoms with E-state index in [1.807, 2.05) is 0 Å². The zero-order valence-corrected chi connectivity index (χ0v) is 28.6. The molecule has 2 heterocycles. The summed E-state index contributed by atoms with van der Waals surface area (Å²) >= 11 is 3.65. The van der Waals surface area contributed by atoms with Gasteiger partial charge in [-0.2, -0.15) is 0 Å². The maximum atomic E-state index is 12.8. The summed E-state index contributed by atoms with van der Waals surface area (Å²) in [6, 6.07) is 6.30. The van der Waals surface area contributed by atoms with E-state index in [0.29, 0.717) is 11.4 Å². The number of aromatic nitrogens is 2. The molecule has 0 bridgehead atoms. The van der Waals surface area contributed by atoms with E-state index in [1.165, 1.54) is 51.4 Å². The Morgan fingerprint density at radius 1 is 0.600 bits per heavy atom. The Bertz CT molecular complexity index is 1380. The fraction of sp³-hybridized carbons (Fsp3) is 0.579. The lowest BCUT2D eigenvalue weighted by Crippen LogP contribution is -2.12. The first kappa shape index (κ1) is 33.6. The molecule has 244 valence electrons. The van der Waals surface area contributed by atoms with Crippen molar-refractivity contribution < 1.29 is 19.8 Å². The van der Waals surface area contributed by atoms with Crippen LogP contribution in [-0.2, 0) is 25.7 Å². The minimum Gasteiger partial charge on any atom is -0.477 e. The van der Waals surface area contributed by atoms with Gasteiger partial charge >= 0.3 is 11.9 Å². The molecule has 0 fully saturated rings.